The number of halogens is 1. The van der Waals surface area contributed by atoms with Crippen LogP contribution in [0.15, 0.2) is 29.0 Å². The van der Waals surface area contributed by atoms with Crippen molar-refractivity contribution in [3.63, 3.8) is 0 Å². The molecular formula is C17H20BrN3. The third-order valence-electron chi connectivity index (χ3n) is 5.08. The Kier molecular flexibility index (Phi) is 3.57. The summed E-state index contributed by atoms with van der Waals surface area (Å²) in [6.07, 6.45) is 12.1. The minimum Gasteiger partial charge on any atom is -0.366 e. The van der Waals surface area contributed by atoms with Gasteiger partial charge in [0.2, 0.25) is 0 Å². The second-order valence-electron chi connectivity index (χ2n) is 6.30. The minimum atomic E-state index is 0.712. The predicted octanol–water partition coefficient (Wildman–Crippen LogP) is 4.55. The van der Waals surface area contributed by atoms with E-state index in [1.807, 2.05) is 12.4 Å². The van der Waals surface area contributed by atoms with E-state index in [0.29, 0.717) is 6.04 Å². The van der Waals surface area contributed by atoms with E-state index in [4.69, 9.17) is 0 Å². The van der Waals surface area contributed by atoms with Crippen LogP contribution in [0.5, 0.6) is 0 Å². The molecule has 1 aliphatic carbocycles. The number of fused-ring (bicyclic) bond motifs is 2. The van der Waals surface area contributed by atoms with Crippen molar-refractivity contribution in [1.29, 1.82) is 0 Å². The van der Waals surface area contributed by atoms with Crippen molar-refractivity contribution in [1.82, 2.24) is 9.97 Å². The second kappa shape index (κ2) is 5.56. The van der Waals surface area contributed by atoms with Gasteiger partial charge in [-0.15, -0.1) is 0 Å². The molecule has 1 aliphatic heterocycles. The lowest BCUT2D eigenvalue weighted by Crippen LogP contribution is -2.47. The average Bonchev–Trinajstić information content (AvgIpc) is 2.53. The number of nitrogens with zero attached hydrogens (tertiary/aromatic N) is 3. The molecule has 3 nitrogen and oxygen atoms in total. The zero-order valence-electron chi connectivity index (χ0n) is 12.1. The smallest absolute Gasteiger partial charge is 0.112 e. The van der Waals surface area contributed by atoms with Crippen LogP contribution in [0.25, 0.3) is 11.0 Å². The summed E-state index contributed by atoms with van der Waals surface area (Å²) in [5, 5.41) is 0. The molecule has 21 heavy (non-hydrogen) atoms. The van der Waals surface area contributed by atoms with Crippen molar-refractivity contribution in [3.8, 4) is 0 Å². The quantitative estimate of drug-likeness (QED) is 0.758. The summed E-state index contributed by atoms with van der Waals surface area (Å²) >= 11 is 3.49. The first-order valence-electron chi connectivity index (χ1n) is 8.00. The Balaban J connectivity index is 1.78. The van der Waals surface area contributed by atoms with Gasteiger partial charge in [-0.25, -0.2) is 0 Å². The van der Waals surface area contributed by atoms with Gasteiger partial charge in [0, 0.05) is 29.5 Å². The summed E-state index contributed by atoms with van der Waals surface area (Å²) in [5.74, 6) is 0.881. The molecule has 0 unspecified atom stereocenters. The summed E-state index contributed by atoms with van der Waals surface area (Å²) in [5.41, 5.74) is 3.32. The molecule has 1 saturated heterocycles. The SMILES string of the molecule is Brc1cnc2c(N3CCC[C@H]4CCCC[C@H]43)ccnc2c1. The van der Waals surface area contributed by atoms with Crippen molar-refractivity contribution in [2.24, 2.45) is 5.92 Å². The van der Waals surface area contributed by atoms with Crippen molar-refractivity contribution < 1.29 is 0 Å². The van der Waals surface area contributed by atoms with Gasteiger partial charge in [-0.1, -0.05) is 12.8 Å². The van der Waals surface area contributed by atoms with E-state index in [-0.39, 0.29) is 0 Å². The number of hydrogen-bond donors (Lipinski definition) is 0. The van der Waals surface area contributed by atoms with Gasteiger partial charge in [0.25, 0.3) is 0 Å². The molecule has 0 N–H and O–H groups in total. The van der Waals surface area contributed by atoms with Crippen LogP contribution in [0.1, 0.15) is 38.5 Å². The van der Waals surface area contributed by atoms with Crippen LogP contribution >= 0.6 is 15.9 Å². The third-order valence-corrected chi connectivity index (χ3v) is 5.51. The molecule has 0 spiro atoms. The molecule has 1 saturated carbocycles. The summed E-state index contributed by atoms with van der Waals surface area (Å²) < 4.78 is 0.994. The normalized spacial score (nSPS) is 25.9. The van der Waals surface area contributed by atoms with Crippen molar-refractivity contribution in [2.45, 2.75) is 44.6 Å². The minimum absolute atomic E-state index is 0.712. The fraction of sp³-hybridized carbons (Fsp3) is 0.529. The summed E-state index contributed by atoms with van der Waals surface area (Å²) in [6.45, 7) is 1.16. The van der Waals surface area contributed by atoms with Gasteiger partial charge in [0.1, 0.15) is 5.52 Å². The van der Waals surface area contributed by atoms with Gasteiger partial charge >= 0.3 is 0 Å². The Morgan fingerprint density at radius 2 is 1.95 bits per heavy atom. The van der Waals surface area contributed by atoms with E-state index >= 15 is 0 Å². The molecule has 4 heteroatoms. The van der Waals surface area contributed by atoms with Crippen molar-refractivity contribution >= 4 is 32.7 Å². The highest BCUT2D eigenvalue weighted by atomic mass is 79.9. The van der Waals surface area contributed by atoms with Gasteiger partial charge in [-0.05, 0) is 59.7 Å². The molecule has 0 radical (unpaired) electrons. The first-order chi connectivity index (χ1) is 10.3. The molecule has 110 valence electrons. The first-order valence-corrected chi connectivity index (χ1v) is 8.79. The van der Waals surface area contributed by atoms with Crippen LogP contribution in [-0.4, -0.2) is 22.6 Å². The van der Waals surface area contributed by atoms with Crippen LogP contribution in [0.4, 0.5) is 5.69 Å². The highest BCUT2D eigenvalue weighted by Gasteiger charge is 2.34. The lowest BCUT2D eigenvalue weighted by molar-refractivity contribution is 0.244. The predicted molar refractivity (Wildman–Crippen MR) is 89.6 cm³/mol. The molecule has 0 aromatic carbocycles. The zero-order valence-corrected chi connectivity index (χ0v) is 13.7. The van der Waals surface area contributed by atoms with E-state index in [2.05, 4.69) is 42.9 Å². The molecular weight excluding hydrogens is 326 g/mol. The zero-order chi connectivity index (χ0) is 14.2. The maximum absolute atomic E-state index is 4.64. The molecule has 0 amide bonds. The Morgan fingerprint density at radius 3 is 2.90 bits per heavy atom. The topological polar surface area (TPSA) is 29.0 Å². The van der Waals surface area contributed by atoms with Crippen molar-refractivity contribution in [2.75, 3.05) is 11.4 Å². The third kappa shape index (κ3) is 2.44. The maximum atomic E-state index is 4.64. The fourth-order valence-corrected chi connectivity index (χ4v) is 4.47. The largest absolute Gasteiger partial charge is 0.366 e. The molecule has 3 heterocycles. The van der Waals surface area contributed by atoms with E-state index in [0.717, 1.165) is 28.0 Å². The van der Waals surface area contributed by atoms with Crippen LogP contribution in [0.2, 0.25) is 0 Å². The summed E-state index contributed by atoms with van der Waals surface area (Å²) in [7, 11) is 0. The number of aromatic nitrogens is 2. The van der Waals surface area contributed by atoms with Crippen LogP contribution in [0.3, 0.4) is 0 Å². The monoisotopic (exact) mass is 345 g/mol. The highest BCUT2D eigenvalue weighted by molar-refractivity contribution is 9.10. The van der Waals surface area contributed by atoms with Gasteiger partial charge in [0.15, 0.2) is 0 Å². The van der Waals surface area contributed by atoms with E-state index in [1.54, 1.807) is 0 Å². The number of hydrogen-bond acceptors (Lipinski definition) is 3. The molecule has 0 bridgehead atoms. The lowest BCUT2D eigenvalue weighted by atomic mass is 9.78. The number of pyridine rings is 2. The van der Waals surface area contributed by atoms with E-state index in [9.17, 15) is 0 Å². The molecule has 4 rings (SSSR count). The second-order valence-corrected chi connectivity index (χ2v) is 7.21. The Morgan fingerprint density at radius 1 is 1.10 bits per heavy atom. The van der Waals surface area contributed by atoms with Crippen LogP contribution < -0.4 is 4.90 Å². The molecule has 2 aromatic rings. The number of piperidine rings is 1. The molecule has 2 aliphatic rings. The van der Waals surface area contributed by atoms with Gasteiger partial charge in [0.05, 0.1) is 11.2 Å². The number of anilines is 1. The molecule has 2 fully saturated rings. The lowest BCUT2D eigenvalue weighted by Gasteiger charge is -2.45. The average molecular weight is 346 g/mol. The van der Waals surface area contributed by atoms with Crippen molar-refractivity contribution in [3.05, 3.63) is 29.0 Å². The maximum Gasteiger partial charge on any atom is 0.112 e. The van der Waals surface area contributed by atoms with Crippen LogP contribution in [0, 0.1) is 5.92 Å². The number of rotatable bonds is 1. The van der Waals surface area contributed by atoms with Gasteiger partial charge in [-0.2, -0.15) is 0 Å². The summed E-state index contributed by atoms with van der Waals surface area (Å²) in [6, 6.07) is 4.93. The Hall–Kier alpha value is -1.16. The van der Waals surface area contributed by atoms with Gasteiger partial charge in [-0.3, -0.25) is 9.97 Å². The summed E-state index contributed by atoms with van der Waals surface area (Å²) in [4.78, 5) is 11.7. The van der Waals surface area contributed by atoms with Gasteiger partial charge < -0.3 is 4.90 Å². The Bertz CT molecular complexity index is 656. The molecule has 2 aromatic heterocycles. The van der Waals surface area contributed by atoms with Crippen LogP contribution in [-0.2, 0) is 0 Å². The first kappa shape index (κ1) is 13.5. The fourth-order valence-electron chi connectivity index (χ4n) is 4.15. The Labute approximate surface area is 133 Å². The molecule has 2 atom stereocenters. The van der Waals surface area contributed by atoms with E-state index < -0.39 is 0 Å². The standard InChI is InChI=1S/C17H20BrN3/c18-13-10-14-17(20-11-13)16(7-8-19-14)21-9-3-5-12-4-1-2-6-15(12)21/h7-8,10-12,15H,1-6,9H2/t12-,15-/m1/s1. The highest BCUT2D eigenvalue weighted by Crippen LogP contribution is 2.39. The van der Waals surface area contributed by atoms with E-state index in [1.165, 1.54) is 44.2 Å².